The molecular formula is C25H28N4O4S. The van der Waals surface area contributed by atoms with E-state index >= 15 is 0 Å². The summed E-state index contributed by atoms with van der Waals surface area (Å²) in [6.45, 7) is 2.64. The van der Waals surface area contributed by atoms with Crippen LogP contribution in [0.3, 0.4) is 0 Å². The van der Waals surface area contributed by atoms with Gasteiger partial charge in [0.2, 0.25) is 5.91 Å². The molecule has 0 N–H and O–H groups in total. The molecule has 8 nitrogen and oxygen atoms in total. The number of ether oxygens (including phenoxy) is 2. The van der Waals surface area contributed by atoms with Gasteiger partial charge in [-0.2, -0.15) is 0 Å². The zero-order valence-electron chi connectivity index (χ0n) is 19.3. The lowest BCUT2D eigenvalue weighted by atomic mass is 10.0. The molecule has 178 valence electrons. The van der Waals surface area contributed by atoms with Crippen LogP contribution < -0.4 is 4.74 Å². The summed E-state index contributed by atoms with van der Waals surface area (Å²) in [4.78, 5) is 27.2. The number of methoxy groups -OCH3 is 1. The molecule has 1 saturated heterocycles. The molecule has 3 aromatic rings. The maximum Gasteiger partial charge on any atom is 0.328 e. The summed E-state index contributed by atoms with van der Waals surface area (Å²) in [7, 11) is 1.62. The highest BCUT2D eigenvalue weighted by Crippen LogP contribution is 2.30. The van der Waals surface area contributed by atoms with Crippen molar-refractivity contribution in [2.45, 2.75) is 37.4 Å². The van der Waals surface area contributed by atoms with Crippen LogP contribution in [0, 0.1) is 0 Å². The van der Waals surface area contributed by atoms with Gasteiger partial charge >= 0.3 is 5.97 Å². The topological polar surface area (TPSA) is 86.6 Å². The highest BCUT2D eigenvalue weighted by molar-refractivity contribution is 7.99. The van der Waals surface area contributed by atoms with Gasteiger partial charge in [-0.15, -0.1) is 10.2 Å². The van der Waals surface area contributed by atoms with E-state index in [-0.39, 0.29) is 17.6 Å². The molecule has 0 aliphatic carbocycles. The molecule has 0 bridgehead atoms. The van der Waals surface area contributed by atoms with Gasteiger partial charge in [0.15, 0.2) is 11.0 Å². The van der Waals surface area contributed by atoms with E-state index in [1.54, 1.807) is 18.9 Å². The van der Waals surface area contributed by atoms with Gasteiger partial charge in [-0.3, -0.25) is 9.36 Å². The quantitative estimate of drug-likeness (QED) is 0.356. The Kier molecular flexibility index (Phi) is 7.84. The molecule has 1 aromatic heterocycles. The lowest BCUT2D eigenvalue weighted by Crippen LogP contribution is -2.49. The predicted molar refractivity (Wildman–Crippen MR) is 130 cm³/mol. The molecule has 34 heavy (non-hydrogen) atoms. The van der Waals surface area contributed by atoms with Crippen LogP contribution >= 0.6 is 11.8 Å². The number of amides is 1. The number of rotatable bonds is 8. The van der Waals surface area contributed by atoms with Gasteiger partial charge in [0.25, 0.3) is 0 Å². The molecule has 0 unspecified atom stereocenters. The highest BCUT2D eigenvalue weighted by Gasteiger charge is 2.33. The molecule has 1 amide bonds. The Balaban J connectivity index is 1.59. The molecule has 2 heterocycles. The second-order valence-electron chi connectivity index (χ2n) is 7.85. The van der Waals surface area contributed by atoms with Crippen molar-refractivity contribution in [3.63, 3.8) is 0 Å². The van der Waals surface area contributed by atoms with Crippen LogP contribution in [-0.2, 0) is 14.3 Å². The average Bonchev–Trinajstić information content (AvgIpc) is 3.32. The van der Waals surface area contributed by atoms with E-state index in [1.165, 1.54) is 11.8 Å². The Morgan fingerprint density at radius 3 is 2.68 bits per heavy atom. The molecule has 1 aliphatic rings. The average molecular weight is 481 g/mol. The number of thioether (sulfide) groups is 1. The molecule has 0 radical (unpaired) electrons. The number of carbonyl (C=O) groups is 2. The number of benzene rings is 2. The second-order valence-corrected chi connectivity index (χ2v) is 8.79. The number of hydrogen-bond acceptors (Lipinski definition) is 7. The SMILES string of the molecule is CCOC(=O)[C@H]1CCCCN1C(=O)CSc1nnc(-c2cccc(OC)c2)n1-c1ccccc1. The van der Waals surface area contributed by atoms with Gasteiger partial charge in [0.1, 0.15) is 11.8 Å². The first kappa shape index (κ1) is 23.8. The molecule has 9 heteroatoms. The van der Waals surface area contributed by atoms with Crippen LogP contribution in [0.4, 0.5) is 0 Å². The van der Waals surface area contributed by atoms with Gasteiger partial charge < -0.3 is 14.4 Å². The fourth-order valence-electron chi connectivity index (χ4n) is 4.05. The number of hydrogen-bond donors (Lipinski definition) is 0. The normalized spacial score (nSPS) is 15.7. The Morgan fingerprint density at radius 1 is 1.09 bits per heavy atom. The number of esters is 1. The number of aromatic nitrogens is 3. The molecule has 1 aliphatic heterocycles. The standard InChI is InChI=1S/C25H28N4O4S/c1-3-33-24(31)21-14-7-8-15-28(21)22(30)17-34-25-27-26-23(18-10-9-13-20(16-18)32-2)29(25)19-11-5-4-6-12-19/h4-6,9-13,16,21H,3,7-8,14-15,17H2,1-2H3/t21-/m1/s1. The lowest BCUT2D eigenvalue weighted by molar-refractivity contribution is -0.155. The minimum atomic E-state index is -0.513. The van der Waals surface area contributed by atoms with E-state index in [2.05, 4.69) is 10.2 Å². The van der Waals surface area contributed by atoms with Crippen molar-refractivity contribution in [3.8, 4) is 22.8 Å². The van der Waals surface area contributed by atoms with E-state index in [9.17, 15) is 9.59 Å². The van der Waals surface area contributed by atoms with Crippen molar-refractivity contribution < 1.29 is 19.1 Å². The number of nitrogens with zero attached hydrogens (tertiary/aromatic N) is 4. The molecule has 2 aromatic carbocycles. The van der Waals surface area contributed by atoms with Crippen LogP contribution in [0.15, 0.2) is 59.8 Å². The van der Waals surface area contributed by atoms with Gasteiger partial charge in [0, 0.05) is 17.8 Å². The first-order valence-corrected chi connectivity index (χ1v) is 12.3. The number of piperidine rings is 1. The van der Waals surface area contributed by atoms with Crippen molar-refractivity contribution in [3.05, 3.63) is 54.6 Å². The van der Waals surface area contributed by atoms with Crippen LogP contribution in [0.2, 0.25) is 0 Å². The van der Waals surface area contributed by atoms with E-state index in [0.29, 0.717) is 30.6 Å². The van der Waals surface area contributed by atoms with Gasteiger partial charge in [-0.1, -0.05) is 42.1 Å². The summed E-state index contributed by atoms with van der Waals surface area (Å²) in [6, 6.07) is 16.9. The smallest absolute Gasteiger partial charge is 0.328 e. The minimum Gasteiger partial charge on any atom is -0.497 e. The molecular weight excluding hydrogens is 452 g/mol. The highest BCUT2D eigenvalue weighted by atomic mass is 32.2. The van der Waals surface area contributed by atoms with Crippen LogP contribution in [0.25, 0.3) is 17.1 Å². The van der Waals surface area contributed by atoms with Crippen molar-refractivity contribution in [1.29, 1.82) is 0 Å². The zero-order chi connectivity index (χ0) is 23.9. The summed E-state index contributed by atoms with van der Waals surface area (Å²) in [5.41, 5.74) is 1.75. The van der Waals surface area contributed by atoms with Crippen LogP contribution in [0.5, 0.6) is 5.75 Å². The Labute approximate surface area is 203 Å². The zero-order valence-corrected chi connectivity index (χ0v) is 20.2. The van der Waals surface area contributed by atoms with Gasteiger partial charge in [-0.25, -0.2) is 4.79 Å². The molecule has 0 saturated carbocycles. The summed E-state index contributed by atoms with van der Waals surface area (Å²) in [5.74, 6) is 1.10. The largest absolute Gasteiger partial charge is 0.497 e. The maximum absolute atomic E-state index is 13.1. The number of likely N-dealkylation sites (tertiary alicyclic amines) is 1. The summed E-state index contributed by atoms with van der Waals surface area (Å²) >= 11 is 1.31. The molecule has 0 spiro atoms. The molecule has 1 fully saturated rings. The van der Waals surface area contributed by atoms with E-state index < -0.39 is 6.04 Å². The van der Waals surface area contributed by atoms with E-state index in [4.69, 9.17) is 9.47 Å². The second kappa shape index (κ2) is 11.2. The molecule has 4 rings (SSSR count). The van der Waals surface area contributed by atoms with Crippen LogP contribution in [-0.4, -0.2) is 63.6 Å². The van der Waals surface area contributed by atoms with Gasteiger partial charge in [-0.05, 0) is 50.5 Å². The fraction of sp³-hybridized carbons (Fsp3) is 0.360. The summed E-state index contributed by atoms with van der Waals surface area (Å²) in [5, 5.41) is 9.43. The van der Waals surface area contributed by atoms with E-state index in [0.717, 1.165) is 29.8 Å². The third kappa shape index (κ3) is 5.25. The number of carbonyl (C=O) groups excluding carboxylic acids is 2. The van der Waals surface area contributed by atoms with Gasteiger partial charge in [0.05, 0.1) is 19.5 Å². The fourth-order valence-corrected chi connectivity index (χ4v) is 4.88. The number of para-hydroxylation sites is 1. The van der Waals surface area contributed by atoms with Crippen molar-refractivity contribution in [1.82, 2.24) is 19.7 Å². The Morgan fingerprint density at radius 2 is 1.91 bits per heavy atom. The molecule has 1 atom stereocenters. The Bertz CT molecular complexity index is 1130. The van der Waals surface area contributed by atoms with Crippen molar-refractivity contribution in [2.75, 3.05) is 26.0 Å². The van der Waals surface area contributed by atoms with Crippen molar-refractivity contribution in [2.24, 2.45) is 0 Å². The third-order valence-electron chi connectivity index (χ3n) is 5.68. The first-order chi connectivity index (χ1) is 16.6. The third-order valence-corrected chi connectivity index (χ3v) is 6.60. The monoisotopic (exact) mass is 480 g/mol. The van der Waals surface area contributed by atoms with Crippen molar-refractivity contribution >= 4 is 23.6 Å². The predicted octanol–water partition coefficient (Wildman–Crippen LogP) is 3.98. The lowest BCUT2D eigenvalue weighted by Gasteiger charge is -2.33. The maximum atomic E-state index is 13.1. The van der Waals surface area contributed by atoms with Crippen LogP contribution in [0.1, 0.15) is 26.2 Å². The first-order valence-electron chi connectivity index (χ1n) is 11.4. The summed E-state index contributed by atoms with van der Waals surface area (Å²) in [6.07, 6.45) is 2.43. The summed E-state index contributed by atoms with van der Waals surface area (Å²) < 4.78 is 12.5. The van der Waals surface area contributed by atoms with E-state index in [1.807, 2.05) is 59.2 Å². The minimum absolute atomic E-state index is 0.103. The Hall–Kier alpha value is -3.33.